The summed E-state index contributed by atoms with van der Waals surface area (Å²) in [7, 11) is 0. The average molecular weight is 216 g/mol. The van der Waals surface area contributed by atoms with E-state index in [9.17, 15) is 0 Å². The summed E-state index contributed by atoms with van der Waals surface area (Å²) < 4.78 is 6.07. The first-order valence-electron chi connectivity index (χ1n) is 5.82. The second kappa shape index (κ2) is 3.38. The molecule has 86 valence electrons. The third-order valence-electron chi connectivity index (χ3n) is 3.16. The van der Waals surface area contributed by atoms with Crippen molar-refractivity contribution in [2.24, 2.45) is 0 Å². The smallest absolute Gasteiger partial charge is 0.137 e. The van der Waals surface area contributed by atoms with Crippen LogP contribution in [-0.2, 0) is 5.41 Å². The molecule has 1 aromatic heterocycles. The minimum atomic E-state index is 0.0714. The molecule has 0 bridgehead atoms. The van der Waals surface area contributed by atoms with Gasteiger partial charge >= 0.3 is 0 Å². The molecule has 1 heterocycles. The van der Waals surface area contributed by atoms with Gasteiger partial charge in [0.05, 0.1) is 0 Å². The Morgan fingerprint density at radius 1 is 0.938 bits per heavy atom. The highest BCUT2D eigenvalue weighted by atomic mass is 16.3. The van der Waals surface area contributed by atoms with Crippen LogP contribution in [0.15, 0.2) is 16.5 Å². The molecule has 0 unspecified atom stereocenters. The van der Waals surface area contributed by atoms with E-state index in [4.69, 9.17) is 4.42 Å². The summed E-state index contributed by atoms with van der Waals surface area (Å²) in [6, 6.07) is 4.31. The number of aryl methyl sites for hydroxylation is 3. The van der Waals surface area contributed by atoms with Gasteiger partial charge in [0.25, 0.3) is 0 Å². The van der Waals surface area contributed by atoms with Gasteiger partial charge in [-0.1, -0.05) is 32.9 Å². The van der Waals surface area contributed by atoms with Gasteiger partial charge in [-0.15, -0.1) is 0 Å². The van der Waals surface area contributed by atoms with Crippen LogP contribution in [0.2, 0.25) is 0 Å². The quantitative estimate of drug-likeness (QED) is 0.624. The van der Waals surface area contributed by atoms with Crippen LogP contribution < -0.4 is 0 Å². The summed E-state index contributed by atoms with van der Waals surface area (Å²) >= 11 is 0. The van der Waals surface area contributed by atoms with Crippen molar-refractivity contribution in [3.8, 4) is 0 Å². The molecule has 1 nitrogen and oxygen atoms in total. The van der Waals surface area contributed by atoms with Crippen LogP contribution >= 0.6 is 0 Å². The van der Waals surface area contributed by atoms with Gasteiger partial charge in [0.1, 0.15) is 11.3 Å². The molecule has 16 heavy (non-hydrogen) atoms. The van der Waals surface area contributed by atoms with E-state index in [-0.39, 0.29) is 5.41 Å². The summed E-state index contributed by atoms with van der Waals surface area (Å²) in [4.78, 5) is 0. The van der Waals surface area contributed by atoms with Gasteiger partial charge in [-0.05, 0) is 37.5 Å². The zero-order valence-electron chi connectivity index (χ0n) is 11.1. The van der Waals surface area contributed by atoms with Crippen molar-refractivity contribution in [3.63, 3.8) is 0 Å². The molecule has 2 rings (SSSR count). The van der Waals surface area contributed by atoms with Crippen LogP contribution in [0.1, 0.15) is 43.2 Å². The van der Waals surface area contributed by atoms with E-state index in [2.05, 4.69) is 53.7 Å². The summed E-state index contributed by atoms with van der Waals surface area (Å²) in [6.45, 7) is 13.0. The maximum absolute atomic E-state index is 6.07. The van der Waals surface area contributed by atoms with Crippen LogP contribution in [0.25, 0.3) is 11.0 Å². The Balaban J connectivity index is 2.88. The van der Waals surface area contributed by atoms with E-state index in [1.54, 1.807) is 0 Å². The highest BCUT2D eigenvalue weighted by Crippen LogP contribution is 2.36. The summed E-state index contributed by atoms with van der Waals surface area (Å²) in [6.07, 6.45) is 0. The third-order valence-corrected chi connectivity index (χ3v) is 3.16. The topological polar surface area (TPSA) is 13.1 Å². The van der Waals surface area contributed by atoms with Crippen LogP contribution in [-0.4, -0.2) is 0 Å². The van der Waals surface area contributed by atoms with Gasteiger partial charge in [0.15, 0.2) is 0 Å². The molecule has 0 aliphatic carbocycles. The Labute approximate surface area is 97.5 Å². The van der Waals surface area contributed by atoms with E-state index < -0.39 is 0 Å². The van der Waals surface area contributed by atoms with Crippen LogP contribution in [0, 0.1) is 20.8 Å². The Bertz CT molecular complexity index is 539. The van der Waals surface area contributed by atoms with Crippen molar-refractivity contribution < 1.29 is 4.42 Å². The molecule has 0 aliphatic heterocycles. The lowest BCUT2D eigenvalue weighted by Crippen LogP contribution is -2.10. The van der Waals surface area contributed by atoms with Gasteiger partial charge in [-0.25, -0.2) is 0 Å². The Kier molecular flexibility index (Phi) is 2.37. The molecule has 0 atom stereocenters. The first kappa shape index (κ1) is 11.3. The number of rotatable bonds is 0. The van der Waals surface area contributed by atoms with E-state index in [1.807, 2.05) is 0 Å². The van der Waals surface area contributed by atoms with Crippen molar-refractivity contribution in [3.05, 3.63) is 34.6 Å². The highest BCUT2D eigenvalue weighted by Gasteiger charge is 2.24. The number of hydrogen-bond acceptors (Lipinski definition) is 1. The summed E-state index contributed by atoms with van der Waals surface area (Å²) in [5, 5.41) is 1.30. The minimum Gasteiger partial charge on any atom is -0.460 e. The monoisotopic (exact) mass is 216 g/mol. The SMILES string of the molecule is Cc1ccc(C)c2c(C)c(C(C)(C)C)oc12. The maximum atomic E-state index is 6.07. The summed E-state index contributed by atoms with van der Waals surface area (Å²) in [5.41, 5.74) is 4.95. The Morgan fingerprint density at radius 3 is 2.00 bits per heavy atom. The molecule has 1 aromatic carbocycles. The Hall–Kier alpha value is -1.24. The molecule has 1 heteroatoms. The van der Waals surface area contributed by atoms with Gasteiger partial charge in [-0.2, -0.15) is 0 Å². The fourth-order valence-electron chi connectivity index (χ4n) is 2.39. The number of fused-ring (bicyclic) bond motifs is 1. The lowest BCUT2D eigenvalue weighted by molar-refractivity contribution is 0.426. The van der Waals surface area contributed by atoms with Crippen molar-refractivity contribution in [1.29, 1.82) is 0 Å². The molecule has 0 N–H and O–H groups in total. The normalized spacial score (nSPS) is 12.4. The second-order valence-corrected chi connectivity index (χ2v) is 5.71. The molecular formula is C15H20O. The van der Waals surface area contributed by atoms with Crippen molar-refractivity contribution in [2.45, 2.75) is 47.0 Å². The van der Waals surface area contributed by atoms with Crippen molar-refractivity contribution in [1.82, 2.24) is 0 Å². The van der Waals surface area contributed by atoms with Crippen LogP contribution in [0.4, 0.5) is 0 Å². The fraction of sp³-hybridized carbons (Fsp3) is 0.467. The predicted octanol–water partition coefficient (Wildman–Crippen LogP) is 4.66. The van der Waals surface area contributed by atoms with Gasteiger partial charge in [0.2, 0.25) is 0 Å². The van der Waals surface area contributed by atoms with Gasteiger partial charge < -0.3 is 4.42 Å². The maximum Gasteiger partial charge on any atom is 0.137 e. The molecular weight excluding hydrogens is 196 g/mol. The van der Waals surface area contributed by atoms with Gasteiger partial charge in [-0.3, -0.25) is 0 Å². The second-order valence-electron chi connectivity index (χ2n) is 5.71. The largest absolute Gasteiger partial charge is 0.460 e. The number of furan rings is 1. The van der Waals surface area contributed by atoms with Crippen molar-refractivity contribution >= 4 is 11.0 Å². The molecule has 0 saturated heterocycles. The molecule has 0 fully saturated rings. The van der Waals surface area contributed by atoms with E-state index in [0.717, 1.165) is 11.3 Å². The van der Waals surface area contributed by atoms with E-state index in [0.29, 0.717) is 0 Å². The highest BCUT2D eigenvalue weighted by molar-refractivity contribution is 5.88. The number of hydrogen-bond donors (Lipinski definition) is 0. The molecule has 0 aliphatic rings. The minimum absolute atomic E-state index is 0.0714. The zero-order chi connectivity index (χ0) is 12.1. The standard InChI is InChI=1S/C15H20O/c1-9-7-8-10(2)13-12(9)11(3)14(16-13)15(4,5)6/h7-8H,1-6H3. The van der Waals surface area contributed by atoms with E-state index >= 15 is 0 Å². The number of benzene rings is 1. The fourth-order valence-corrected chi connectivity index (χ4v) is 2.39. The third kappa shape index (κ3) is 1.55. The van der Waals surface area contributed by atoms with Crippen LogP contribution in [0.5, 0.6) is 0 Å². The van der Waals surface area contributed by atoms with E-state index in [1.165, 1.54) is 22.1 Å². The van der Waals surface area contributed by atoms with Crippen molar-refractivity contribution in [2.75, 3.05) is 0 Å². The first-order chi connectivity index (χ1) is 7.32. The molecule has 0 saturated carbocycles. The lowest BCUT2D eigenvalue weighted by atomic mass is 9.89. The molecule has 0 radical (unpaired) electrons. The predicted molar refractivity (Wildman–Crippen MR) is 69.1 cm³/mol. The first-order valence-corrected chi connectivity index (χ1v) is 5.82. The molecule has 0 spiro atoms. The van der Waals surface area contributed by atoms with Gasteiger partial charge in [0, 0.05) is 10.8 Å². The molecule has 0 amide bonds. The molecule has 2 aromatic rings. The lowest BCUT2D eigenvalue weighted by Gasteiger charge is -2.15. The Morgan fingerprint density at radius 2 is 1.50 bits per heavy atom. The van der Waals surface area contributed by atoms with Crippen LogP contribution in [0.3, 0.4) is 0 Å². The average Bonchev–Trinajstić information content (AvgIpc) is 2.51. The summed E-state index contributed by atoms with van der Waals surface area (Å²) in [5.74, 6) is 1.11. The zero-order valence-corrected chi connectivity index (χ0v) is 11.1.